The average Bonchev–Trinajstić information content (AvgIpc) is 2.80. The number of likely N-dealkylation sites (tertiary alicyclic amines) is 1. The Bertz CT molecular complexity index is 350. The van der Waals surface area contributed by atoms with Crippen LogP contribution in [-0.4, -0.2) is 41.6 Å². The lowest BCUT2D eigenvalue weighted by molar-refractivity contribution is -0.137. The van der Waals surface area contributed by atoms with E-state index in [0.717, 1.165) is 13.0 Å². The molecule has 1 aliphatic rings. The SMILES string of the molecule is CC(CNC(=O)N1CCC(CCC(=O)O)C1)C(C)(C)C. The predicted molar refractivity (Wildman–Crippen MR) is 78.6 cm³/mol. The van der Waals surface area contributed by atoms with Crippen LogP contribution in [0.3, 0.4) is 0 Å². The maximum absolute atomic E-state index is 12.1. The van der Waals surface area contributed by atoms with Gasteiger partial charge >= 0.3 is 12.0 Å². The molecule has 2 unspecified atom stereocenters. The number of carbonyl (C=O) groups is 2. The minimum absolute atomic E-state index is 0.0149. The Morgan fingerprint density at radius 3 is 2.60 bits per heavy atom. The number of carboxylic acid groups (broad SMARTS) is 1. The third-order valence-electron chi connectivity index (χ3n) is 4.38. The molecular formula is C15H28N2O3. The lowest BCUT2D eigenvalue weighted by Gasteiger charge is -2.28. The standard InChI is InChI=1S/C15H28N2O3/c1-11(15(2,3)4)9-16-14(20)17-8-7-12(10-17)5-6-13(18)19/h11-12H,5-10H2,1-4H3,(H,16,20)(H,18,19). The van der Waals surface area contributed by atoms with Crippen molar-refractivity contribution < 1.29 is 14.7 Å². The van der Waals surface area contributed by atoms with Crippen molar-refractivity contribution in [1.29, 1.82) is 0 Å². The molecule has 2 N–H and O–H groups in total. The molecule has 0 aromatic carbocycles. The minimum atomic E-state index is -0.757. The first kappa shape index (κ1) is 16.8. The van der Waals surface area contributed by atoms with Gasteiger partial charge in [0.05, 0.1) is 0 Å². The van der Waals surface area contributed by atoms with Crippen LogP contribution in [0, 0.1) is 17.3 Å². The van der Waals surface area contributed by atoms with Crippen molar-refractivity contribution in [1.82, 2.24) is 10.2 Å². The van der Waals surface area contributed by atoms with Crippen LogP contribution in [0.1, 0.15) is 47.0 Å². The topological polar surface area (TPSA) is 69.6 Å². The summed E-state index contributed by atoms with van der Waals surface area (Å²) in [6.07, 6.45) is 1.77. The van der Waals surface area contributed by atoms with E-state index in [2.05, 4.69) is 33.0 Å². The van der Waals surface area contributed by atoms with Gasteiger partial charge in [0.1, 0.15) is 0 Å². The summed E-state index contributed by atoms with van der Waals surface area (Å²) in [5, 5.41) is 11.7. The highest BCUT2D eigenvalue weighted by molar-refractivity contribution is 5.74. The smallest absolute Gasteiger partial charge is 0.317 e. The van der Waals surface area contributed by atoms with E-state index < -0.39 is 5.97 Å². The number of rotatable bonds is 5. The third kappa shape index (κ3) is 5.39. The van der Waals surface area contributed by atoms with Gasteiger partial charge in [-0.15, -0.1) is 0 Å². The summed E-state index contributed by atoms with van der Waals surface area (Å²) < 4.78 is 0. The van der Waals surface area contributed by atoms with E-state index in [1.165, 1.54) is 0 Å². The fraction of sp³-hybridized carbons (Fsp3) is 0.867. The Morgan fingerprint density at radius 1 is 1.40 bits per heavy atom. The largest absolute Gasteiger partial charge is 0.481 e. The fourth-order valence-corrected chi connectivity index (χ4v) is 2.24. The second kappa shape index (κ2) is 6.95. The van der Waals surface area contributed by atoms with E-state index in [1.54, 1.807) is 0 Å². The Hall–Kier alpha value is -1.26. The van der Waals surface area contributed by atoms with Gasteiger partial charge in [-0.1, -0.05) is 27.7 Å². The second-order valence-corrected chi connectivity index (χ2v) is 6.99. The van der Waals surface area contributed by atoms with E-state index in [0.29, 0.717) is 31.3 Å². The molecule has 5 nitrogen and oxygen atoms in total. The molecule has 1 aliphatic heterocycles. The Morgan fingerprint density at radius 2 is 2.05 bits per heavy atom. The molecule has 2 amide bonds. The molecule has 20 heavy (non-hydrogen) atoms. The molecule has 1 fully saturated rings. The average molecular weight is 284 g/mol. The molecule has 0 saturated carbocycles. The molecule has 0 aromatic heterocycles. The highest BCUT2D eigenvalue weighted by atomic mass is 16.4. The molecule has 1 saturated heterocycles. The molecule has 1 heterocycles. The summed E-state index contributed by atoms with van der Waals surface area (Å²) in [6.45, 7) is 10.7. The summed E-state index contributed by atoms with van der Waals surface area (Å²) in [5.41, 5.74) is 0.183. The number of nitrogens with one attached hydrogen (secondary N) is 1. The van der Waals surface area contributed by atoms with Crippen LogP contribution in [0.15, 0.2) is 0 Å². The summed E-state index contributed by atoms with van der Waals surface area (Å²) in [5.74, 6) is -0.0133. The van der Waals surface area contributed by atoms with Crippen LogP contribution in [0.4, 0.5) is 4.79 Å². The van der Waals surface area contributed by atoms with Gasteiger partial charge in [0.15, 0.2) is 0 Å². The molecule has 0 radical (unpaired) electrons. The van der Waals surface area contributed by atoms with Crippen LogP contribution < -0.4 is 5.32 Å². The Balaban J connectivity index is 2.30. The van der Waals surface area contributed by atoms with Gasteiger partial charge in [0.25, 0.3) is 0 Å². The lowest BCUT2D eigenvalue weighted by atomic mass is 9.82. The van der Waals surface area contributed by atoms with E-state index >= 15 is 0 Å². The molecule has 0 aliphatic carbocycles. The maximum atomic E-state index is 12.1. The first-order valence-electron chi connectivity index (χ1n) is 7.44. The monoisotopic (exact) mass is 284 g/mol. The van der Waals surface area contributed by atoms with Crippen LogP contribution >= 0.6 is 0 Å². The Labute approximate surface area is 121 Å². The van der Waals surface area contributed by atoms with Crippen molar-refractivity contribution in [2.75, 3.05) is 19.6 Å². The van der Waals surface area contributed by atoms with Crippen molar-refractivity contribution >= 4 is 12.0 Å². The summed E-state index contributed by atoms with van der Waals surface area (Å²) in [7, 11) is 0. The van der Waals surface area contributed by atoms with Gasteiger partial charge in [-0.25, -0.2) is 4.79 Å². The molecule has 0 bridgehead atoms. The molecule has 0 aromatic rings. The number of nitrogens with zero attached hydrogens (tertiary/aromatic N) is 1. The number of carboxylic acids is 1. The number of hydrogen-bond acceptors (Lipinski definition) is 2. The summed E-state index contributed by atoms with van der Waals surface area (Å²) in [6, 6.07) is -0.0149. The quantitative estimate of drug-likeness (QED) is 0.815. The normalized spacial score (nSPS) is 20.8. The van der Waals surface area contributed by atoms with Crippen LogP contribution in [0.25, 0.3) is 0 Å². The molecule has 116 valence electrons. The number of hydrogen-bond donors (Lipinski definition) is 2. The van der Waals surface area contributed by atoms with Crippen LogP contribution in [-0.2, 0) is 4.79 Å². The molecular weight excluding hydrogens is 256 g/mol. The maximum Gasteiger partial charge on any atom is 0.317 e. The lowest BCUT2D eigenvalue weighted by Crippen LogP contribution is -2.42. The van der Waals surface area contributed by atoms with Gasteiger partial charge in [-0.2, -0.15) is 0 Å². The zero-order valence-electron chi connectivity index (χ0n) is 13.1. The van der Waals surface area contributed by atoms with E-state index in [1.807, 2.05) is 4.90 Å². The fourth-order valence-electron chi connectivity index (χ4n) is 2.24. The zero-order valence-corrected chi connectivity index (χ0v) is 13.1. The highest BCUT2D eigenvalue weighted by Crippen LogP contribution is 2.25. The number of amides is 2. The first-order valence-corrected chi connectivity index (χ1v) is 7.44. The summed E-state index contributed by atoms with van der Waals surface area (Å²) in [4.78, 5) is 24.4. The third-order valence-corrected chi connectivity index (χ3v) is 4.38. The molecule has 2 atom stereocenters. The van der Waals surface area contributed by atoms with Gasteiger partial charge in [-0.05, 0) is 30.1 Å². The Kier molecular flexibility index (Phi) is 5.84. The second-order valence-electron chi connectivity index (χ2n) is 6.99. The van der Waals surface area contributed by atoms with E-state index in [4.69, 9.17) is 5.11 Å². The van der Waals surface area contributed by atoms with E-state index in [9.17, 15) is 9.59 Å². The number of carbonyl (C=O) groups excluding carboxylic acids is 1. The van der Waals surface area contributed by atoms with Crippen LogP contribution in [0.2, 0.25) is 0 Å². The number of urea groups is 1. The zero-order chi connectivity index (χ0) is 15.3. The van der Waals surface area contributed by atoms with Gasteiger partial charge in [-0.3, -0.25) is 4.79 Å². The number of aliphatic carboxylic acids is 1. The first-order chi connectivity index (χ1) is 9.20. The van der Waals surface area contributed by atoms with Crippen molar-refractivity contribution in [2.24, 2.45) is 17.3 Å². The minimum Gasteiger partial charge on any atom is -0.481 e. The predicted octanol–water partition coefficient (Wildman–Crippen LogP) is 2.56. The molecule has 0 spiro atoms. The van der Waals surface area contributed by atoms with Crippen molar-refractivity contribution in [3.63, 3.8) is 0 Å². The van der Waals surface area contributed by atoms with Crippen molar-refractivity contribution in [3.05, 3.63) is 0 Å². The van der Waals surface area contributed by atoms with Crippen LogP contribution in [0.5, 0.6) is 0 Å². The molecule has 1 rings (SSSR count). The highest BCUT2D eigenvalue weighted by Gasteiger charge is 2.27. The van der Waals surface area contributed by atoms with Gasteiger partial charge in [0, 0.05) is 26.1 Å². The van der Waals surface area contributed by atoms with Crippen molar-refractivity contribution in [2.45, 2.75) is 47.0 Å². The van der Waals surface area contributed by atoms with Gasteiger partial charge in [0.2, 0.25) is 0 Å². The van der Waals surface area contributed by atoms with Gasteiger partial charge < -0.3 is 15.3 Å². The van der Waals surface area contributed by atoms with E-state index in [-0.39, 0.29) is 17.9 Å². The molecule has 5 heteroatoms. The summed E-state index contributed by atoms with van der Waals surface area (Å²) >= 11 is 0. The van der Waals surface area contributed by atoms with Crippen molar-refractivity contribution in [3.8, 4) is 0 Å².